The number of nitriles is 2. The Morgan fingerprint density at radius 2 is 1.76 bits per heavy atom. The predicted molar refractivity (Wildman–Crippen MR) is 98.9 cm³/mol. The standard InChI is InChI=1S/C21H13ClN2O/c22-19-8-9-21(18(11-19)10-15(12-23)13-24)25-14-17-6-3-5-16-4-1-2-7-20(16)17/h1-11H,14H2. The van der Waals surface area contributed by atoms with Gasteiger partial charge in [-0.25, -0.2) is 0 Å². The van der Waals surface area contributed by atoms with E-state index in [-0.39, 0.29) is 5.57 Å². The Bertz CT molecular complexity index is 1020. The van der Waals surface area contributed by atoms with E-state index in [4.69, 9.17) is 26.9 Å². The van der Waals surface area contributed by atoms with Gasteiger partial charge < -0.3 is 4.74 Å². The molecule has 0 atom stereocenters. The minimum atomic E-state index is -0.00252. The lowest BCUT2D eigenvalue weighted by molar-refractivity contribution is 0.307. The molecular formula is C21H13ClN2O. The number of nitrogens with zero attached hydrogens (tertiary/aromatic N) is 2. The molecule has 25 heavy (non-hydrogen) atoms. The number of ether oxygens (including phenoxy) is 1. The van der Waals surface area contributed by atoms with E-state index < -0.39 is 0 Å². The maximum atomic E-state index is 8.96. The van der Waals surface area contributed by atoms with Gasteiger partial charge in [0.15, 0.2) is 0 Å². The molecule has 0 aliphatic rings. The molecule has 0 bridgehead atoms. The fraction of sp³-hybridized carbons (Fsp3) is 0.0476. The van der Waals surface area contributed by atoms with Crippen molar-refractivity contribution in [1.82, 2.24) is 0 Å². The Hall–Kier alpha value is -3.27. The van der Waals surface area contributed by atoms with Crippen molar-refractivity contribution in [2.24, 2.45) is 0 Å². The van der Waals surface area contributed by atoms with Crippen LogP contribution in [0, 0.1) is 22.7 Å². The lowest BCUT2D eigenvalue weighted by Crippen LogP contribution is -1.98. The second-order valence-electron chi connectivity index (χ2n) is 5.39. The Morgan fingerprint density at radius 1 is 1.00 bits per heavy atom. The first-order valence-corrected chi connectivity index (χ1v) is 8.00. The third-order valence-electron chi connectivity index (χ3n) is 3.78. The molecule has 3 aromatic carbocycles. The van der Waals surface area contributed by atoms with Gasteiger partial charge in [0.1, 0.15) is 30.1 Å². The summed E-state index contributed by atoms with van der Waals surface area (Å²) in [5.41, 5.74) is 1.66. The fourth-order valence-electron chi connectivity index (χ4n) is 2.58. The maximum absolute atomic E-state index is 8.96. The number of benzene rings is 3. The van der Waals surface area contributed by atoms with E-state index in [9.17, 15) is 0 Å². The smallest absolute Gasteiger partial charge is 0.130 e. The summed E-state index contributed by atoms with van der Waals surface area (Å²) in [5, 5.41) is 20.7. The summed E-state index contributed by atoms with van der Waals surface area (Å²) in [4.78, 5) is 0. The van der Waals surface area contributed by atoms with Gasteiger partial charge in [0, 0.05) is 10.6 Å². The van der Waals surface area contributed by atoms with Gasteiger partial charge in [0.05, 0.1) is 0 Å². The average molecular weight is 345 g/mol. The number of rotatable bonds is 4. The van der Waals surface area contributed by atoms with Gasteiger partial charge >= 0.3 is 0 Å². The first-order chi connectivity index (χ1) is 12.2. The summed E-state index contributed by atoms with van der Waals surface area (Å²) in [6.07, 6.45) is 1.48. The van der Waals surface area contributed by atoms with Gasteiger partial charge in [-0.05, 0) is 40.6 Å². The highest BCUT2D eigenvalue weighted by Gasteiger charge is 2.07. The number of hydrogen-bond donors (Lipinski definition) is 0. The van der Waals surface area contributed by atoms with Gasteiger partial charge in [-0.3, -0.25) is 0 Å². The van der Waals surface area contributed by atoms with Crippen LogP contribution in [0.2, 0.25) is 5.02 Å². The van der Waals surface area contributed by atoms with Gasteiger partial charge in [0.2, 0.25) is 0 Å². The Morgan fingerprint density at radius 3 is 2.56 bits per heavy atom. The molecule has 0 aromatic heterocycles. The van der Waals surface area contributed by atoms with Crippen LogP contribution >= 0.6 is 11.6 Å². The average Bonchev–Trinajstić information content (AvgIpc) is 2.65. The fourth-order valence-corrected chi connectivity index (χ4v) is 2.76. The molecule has 0 saturated heterocycles. The number of allylic oxidation sites excluding steroid dienone is 1. The van der Waals surface area contributed by atoms with Crippen molar-refractivity contribution in [3.63, 3.8) is 0 Å². The third kappa shape index (κ3) is 3.80. The van der Waals surface area contributed by atoms with Crippen LogP contribution in [0.3, 0.4) is 0 Å². The molecule has 0 aliphatic carbocycles. The van der Waals surface area contributed by atoms with Crippen LogP contribution in [0.25, 0.3) is 16.8 Å². The maximum Gasteiger partial charge on any atom is 0.130 e. The first kappa shape index (κ1) is 16.6. The van der Waals surface area contributed by atoms with E-state index in [1.54, 1.807) is 18.2 Å². The highest BCUT2D eigenvalue weighted by Crippen LogP contribution is 2.27. The van der Waals surface area contributed by atoms with Crippen molar-refractivity contribution in [2.45, 2.75) is 6.61 Å². The molecule has 0 unspecified atom stereocenters. The van der Waals surface area contributed by atoms with Crippen LogP contribution in [0.15, 0.2) is 66.2 Å². The van der Waals surface area contributed by atoms with Crippen LogP contribution in [-0.4, -0.2) is 0 Å². The molecule has 0 saturated carbocycles. The molecule has 4 heteroatoms. The number of hydrogen-bond acceptors (Lipinski definition) is 3. The van der Waals surface area contributed by atoms with E-state index >= 15 is 0 Å². The molecule has 0 amide bonds. The van der Waals surface area contributed by atoms with E-state index in [0.29, 0.717) is 22.9 Å². The highest BCUT2D eigenvalue weighted by atomic mass is 35.5. The van der Waals surface area contributed by atoms with Crippen molar-refractivity contribution in [1.29, 1.82) is 10.5 Å². The Labute approximate surface area is 151 Å². The molecule has 0 fully saturated rings. The number of halogens is 1. The SMILES string of the molecule is N#CC(C#N)=Cc1cc(Cl)ccc1OCc1cccc2ccccc12. The molecule has 3 nitrogen and oxygen atoms in total. The zero-order valence-corrected chi connectivity index (χ0v) is 14.0. The van der Waals surface area contributed by atoms with Crippen LogP contribution in [0.5, 0.6) is 5.75 Å². The molecular weight excluding hydrogens is 332 g/mol. The molecule has 0 heterocycles. The molecule has 0 aliphatic heterocycles. The topological polar surface area (TPSA) is 56.8 Å². The summed E-state index contributed by atoms with van der Waals surface area (Å²) in [5.74, 6) is 0.570. The molecule has 3 rings (SSSR count). The molecule has 0 radical (unpaired) electrons. The van der Waals surface area contributed by atoms with E-state index in [1.807, 2.05) is 36.4 Å². The van der Waals surface area contributed by atoms with Crippen molar-refractivity contribution in [2.75, 3.05) is 0 Å². The second kappa shape index (κ2) is 7.53. The minimum absolute atomic E-state index is 0.00252. The second-order valence-corrected chi connectivity index (χ2v) is 5.83. The van der Waals surface area contributed by atoms with Crippen molar-refractivity contribution >= 4 is 28.4 Å². The monoisotopic (exact) mass is 344 g/mol. The third-order valence-corrected chi connectivity index (χ3v) is 4.01. The normalized spacial score (nSPS) is 9.88. The molecule has 3 aromatic rings. The first-order valence-electron chi connectivity index (χ1n) is 7.62. The zero-order chi connectivity index (χ0) is 17.6. The number of fused-ring (bicyclic) bond motifs is 1. The van der Waals surface area contributed by atoms with Crippen molar-refractivity contribution in [3.05, 3.63) is 82.4 Å². The predicted octanol–water partition coefficient (Wildman–Crippen LogP) is 5.50. The summed E-state index contributed by atoms with van der Waals surface area (Å²) in [6.45, 7) is 0.373. The summed E-state index contributed by atoms with van der Waals surface area (Å²) >= 11 is 6.03. The summed E-state index contributed by atoms with van der Waals surface area (Å²) in [6, 6.07) is 23.0. The quantitative estimate of drug-likeness (QED) is 0.587. The Balaban J connectivity index is 1.92. The van der Waals surface area contributed by atoms with E-state index in [2.05, 4.69) is 18.2 Å². The molecule has 0 N–H and O–H groups in total. The zero-order valence-electron chi connectivity index (χ0n) is 13.2. The van der Waals surface area contributed by atoms with Gasteiger partial charge in [-0.1, -0.05) is 54.1 Å². The minimum Gasteiger partial charge on any atom is -0.488 e. The summed E-state index contributed by atoms with van der Waals surface area (Å²) in [7, 11) is 0. The van der Waals surface area contributed by atoms with Crippen LogP contribution < -0.4 is 4.74 Å². The van der Waals surface area contributed by atoms with Crippen molar-refractivity contribution < 1.29 is 4.74 Å². The van der Waals surface area contributed by atoms with Crippen molar-refractivity contribution in [3.8, 4) is 17.9 Å². The van der Waals surface area contributed by atoms with Crippen LogP contribution in [0.1, 0.15) is 11.1 Å². The van der Waals surface area contributed by atoms with E-state index in [0.717, 1.165) is 16.3 Å². The largest absolute Gasteiger partial charge is 0.488 e. The van der Waals surface area contributed by atoms with Crippen LogP contribution in [0.4, 0.5) is 0 Å². The molecule has 0 spiro atoms. The van der Waals surface area contributed by atoms with Gasteiger partial charge in [-0.2, -0.15) is 10.5 Å². The lowest BCUT2D eigenvalue weighted by Gasteiger charge is -2.11. The highest BCUT2D eigenvalue weighted by molar-refractivity contribution is 6.30. The van der Waals surface area contributed by atoms with E-state index in [1.165, 1.54) is 6.08 Å². The molecule has 120 valence electrons. The van der Waals surface area contributed by atoms with Gasteiger partial charge in [0.25, 0.3) is 0 Å². The van der Waals surface area contributed by atoms with Gasteiger partial charge in [-0.15, -0.1) is 0 Å². The summed E-state index contributed by atoms with van der Waals surface area (Å²) < 4.78 is 5.95. The van der Waals surface area contributed by atoms with Crippen LogP contribution in [-0.2, 0) is 6.61 Å². The lowest BCUT2D eigenvalue weighted by atomic mass is 10.1. The Kier molecular flexibility index (Phi) is 5.00.